The molecular weight excluding hydrogens is 1380 g/mol. The van der Waals surface area contributed by atoms with Gasteiger partial charge in [-0.25, -0.2) is 9.13 Å². The van der Waals surface area contributed by atoms with Crippen LogP contribution in [-0.2, 0) is 65.4 Å². The summed E-state index contributed by atoms with van der Waals surface area (Å²) in [6.07, 6.45) is 91.9. The standard InChI is InChI=1S/C87H142O17P2/c1-5-9-13-17-21-25-29-33-37-40-44-47-51-55-59-63-67-71-84(89)97-77-82(103-86(91)73-69-65-61-57-53-49-43-36-32-28-24-20-16-12-8-4)79-101-105(93,94)99-75-81(88)76-100-106(95,96)102-80-83(104-87(92)74-70-66-62-58-54-50-46-42-39-35-31-27-23-19-15-11-7-3)78-98-85(90)72-68-64-60-56-52-48-45-41-38-34-30-26-22-18-14-10-6-2/h9-11,13-15,21-28,33-39,43,45-46,48,50,56,60,81-83,88H,5-8,12,16-20,29-32,40-42,44,47,49,51-55,57-59,61-80H2,1-4H3,(H,93,94)(H,95,96)/b13-9-,14-10-,15-11-,25-21-,26-22-,27-23-,28-24-,37-33-,38-34-,39-35-,43-36-,48-45-,50-46-,60-56-. The van der Waals surface area contributed by atoms with Crippen molar-refractivity contribution in [2.45, 2.75) is 316 Å². The Morgan fingerprint density at radius 3 is 0.792 bits per heavy atom. The first-order valence-corrected chi connectivity index (χ1v) is 43.4. The van der Waals surface area contributed by atoms with Gasteiger partial charge in [0, 0.05) is 25.7 Å². The van der Waals surface area contributed by atoms with Crippen molar-refractivity contribution in [1.29, 1.82) is 0 Å². The van der Waals surface area contributed by atoms with Crippen molar-refractivity contribution in [3.8, 4) is 0 Å². The van der Waals surface area contributed by atoms with Crippen LogP contribution in [0.3, 0.4) is 0 Å². The minimum atomic E-state index is -5.01. The first-order chi connectivity index (χ1) is 51.7. The molecule has 0 aliphatic carbocycles. The first-order valence-electron chi connectivity index (χ1n) is 40.4. The second-order valence-corrected chi connectivity index (χ2v) is 29.1. The van der Waals surface area contributed by atoms with Crippen LogP contribution in [0.15, 0.2) is 170 Å². The lowest BCUT2D eigenvalue weighted by molar-refractivity contribution is -0.161. The maximum absolute atomic E-state index is 13.1. The Hall–Kier alpha value is -5.58. The minimum Gasteiger partial charge on any atom is -0.462 e. The van der Waals surface area contributed by atoms with Gasteiger partial charge in [0.25, 0.3) is 0 Å². The van der Waals surface area contributed by atoms with Crippen molar-refractivity contribution in [2.75, 3.05) is 39.6 Å². The topological polar surface area (TPSA) is 237 Å². The highest BCUT2D eigenvalue weighted by Crippen LogP contribution is 2.45. The molecule has 0 aliphatic rings. The third-order valence-corrected chi connectivity index (χ3v) is 18.1. The SMILES string of the molecule is CC/C=C\C/C=C\C/C=C\C/C=C\C/C=C\CCCC(=O)OCC(COP(=O)(O)OCC(O)COP(=O)(O)OCC(COC(=O)CCCCCCCCC/C=C\C/C=C\C/C=C\CC)OC(=O)CCCCCCC/C=C\C/C=C\CCCCC)OC(=O)CCCCCC/C=C\C/C=C\C/C=C\C/C=C\CC. The number of allylic oxidation sites excluding steroid dienone is 28. The van der Waals surface area contributed by atoms with Crippen LogP contribution in [0.5, 0.6) is 0 Å². The van der Waals surface area contributed by atoms with Gasteiger partial charge in [-0.1, -0.05) is 275 Å². The van der Waals surface area contributed by atoms with Gasteiger partial charge in [-0.3, -0.25) is 37.3 Å². The van der Waals surface area contributed by atoms with Crippen LogP contribution in [0, 0.1) is 0 Å². The van der Waals surface area contributed by atoms with E-state index < -0.39 is 97.5 Å². The van der Waals surface area contributed by atoms with E-state index in [-0.39, 0.29) is 25.7 Å². The van der Waals surface area contributed by atoms with Crippen LogP contribution in [0.4, 0.5) is 0 Å². The minimum absolute atomic E-state index is 0.0482. The maximum Gasteiger partial charge on any atom is 0.472 e. The second kappa shape index (κ2) is 77.6. The number of rotatable bonds is 74. The molecule has 0 aliphatic heterocycles. The van der Waals surface area contributed by atoms with E-state index in [1.54, 1.807) is 0 Å². The summed E-state index contributed by atoms with van der Waals surface area (Å²) in [5.74, 6) is -2.31. The van der Waals surface area contributed by atoms with E-state index in [1.165, 1.54) is 19.3 Å². The molecule has 0 aromatic heterocycles. The number of hydrogen-bond acceptors (Lipinski definition) is 15. The predicted octanol–water partition coefficient (Wildman–Crippen LogP) is 23.8. The summed E-state index contributed by atoms with van der Waals surface area (Å²) in [6.45, 7) is 4.39. The number of esters is 4. The van der Waals surface area contributed by atoms with E-state index in [0.717, 1.165) is 193 Å². The fraction of sp³-hybridized carbons (Fsp3) is 0.632. The summed E-state index contributed by atoms with van der Waals surface area (Å²) in [5, 5.41) is 10.7. The number of aliphatic hydroxyl groups excluding tert-OH is 1. The number of phosphoric ester groups is 2. The van der Waals surface area contributed by atoms with Crippen LogP contribution in [0.1, 0.15) is 297 Å². The molecule has 19 heteroatoms. The highest BCUT2D eigenvalue weighted by molar-refractivity contribution is 7.47. The van der Waals surface area contributed by atoms with Crippen LogP contribution < -0.4 is 0 Å². The molecule has 0 saturated heterocycles. The van der Waals surface area contributed by atoms with Gasteiger partial charge >= 0.3 is 39.5 Å². The first kappa shape index (κ1) is 100. The normalized spacial score (nSPS) is 14.7. The van der Waals surface area contributed by atoms with Crippen LogP contribution in [-0.4, -0.2) is 96.7 Å². The van der Waals surface area contributed by atoms with Crippen molar-refractivity contribution in [3.63, 3.8) is 0 Å². The van der Waals surface area contributed by atoms with Crippen LogP contribution >= 0.6 is 15.6 Å². The molecule has 0 aromatic rings. The van der Waals surface area contributed by atoms with Crippen molar-refractivity contribution >= 4 is 39.5 Å². The zero-order valence-corrected chi connectivity index (χ0v) is 67.6. The molecule has 5 unspecified atom stereocenters. The number of unbranched alkanes of at least 4 members (excludes halogenated alkanes) is 20. The summed E-state index contributed by atoms with van der Waals surface area (Å²) < 4.78 is 68.6. The van der Waals surface area contributed by atoms with E-state index in [1.807, 2.05) is 12.2 Å². The monoisotopic (exact) mass is 1520 g/mol. The number of carbonyl (C=O) groups is 4. The molecule has 0 bridgehead atoms. The highest BCUT2D eigenvalue weighted by Gasteiger charge is 2.30. The molecule has 0 radical (unpaired) electrons. The lowest BCUT2D eigenvalue weighted by atomic mass is 10.1. The van der Waals surface area contributed by atoms with E-state index in [0.29, 0.717) is 32.1 Å². The fourth-order valence-corrected chi connectivity index (χ4v) is 11.7. The Labute approximate surface area is 642 Å². The molecular formula is C87H142O17P2. The molecule has 0 saturated carbocycles. The maximum atomic E-state index is 13.1. The van der Waals surface area contributed by atoms with Crippen molar-refractivity contribution in [1.82, 2.24) is 0 Å². The Bertz CT molecular complexity index is 2680. The Kier molecular flexibility index (Phi) is 73.5. The molecule has 17 nitrogen and oxygen atoms in total. The van der Waals surface area contributed by atoms with Gasteiger partial charge in [-0.15, -0.1) is 0 Å². The van der Waals surface area contributed by atoms with Gasteiger partial charge in [-0.05, 0) is 167 Å². The third-order valence-electron chi connectivity index (χ3n) is 16.2. The lowest BCUT2D eigenvalue weighted by Crippen LogP contribution is -2.30. The molecule has 106 heavy (non-hydrogen) atoms. The largest absolute Gasteiger partial charge is 0.472 e. The molecule has 0 fully saturated rings. The van der Waals surface area contributed by atoms with E-state index in [9.17, 15) is 43.2 Å². The molecule has 0 aromatic carbocycles. The van der Waals surface area contributed by atoms with Gasteiger partial charge in [0.2, 0.25) is 0 Å². The second-order valence-electron chi connectivity index (χ2n) is 26.2. The average Bonchev–Trinajstić information content (AvgIpc) is 0.902. The van der Waals surface area contributed by atoms with E-state index >= 15 is 0 Å². The van der Waals surface area contributed by atoms with Crippen LogP contribution in [0.2, 0.25) is 0 Å². The summed E-state index contributed by atoms with van der Waals surface area (Å²) in [7, 11) is -10.0. The van der Waals surface area contributed by atoms with Gasteiger partial charge in [0.05, 0.1) is 26.4 Å². The quantitative estimate of drug-likeness (QED) is 0.0169. The van der Waals surface area contributed by atoms with Gasteiger partial charge in [0.15, 0.2) is 12.2 Å². The van der Waals surface area contributed by atoms with Gasteiger partial charge < -0.3 is 33.8 Å². The molecule has 0 amide bonds. The summed E-state index contributed by atoms with van der Waals surface area (Å²) in [4.78, 5) is 73.1. The van der Waals surface area contributed by atoms with E-state index in [4.69, 9.17) is 37.0 Å². The van der Waals surface area contributed by atoms with Crippen LogP contribution in [0.25, 0.3) is 0 Å². The molecule has 0 spiro atoms. The Morgan fingerprint density at radius 1 is 0.274 bits per heavy atom. The summed E-state index contributed by atoms with van der Waals surface area (Å²) >= 11 is 0. The lowest BCUT2D eigenvalue weighted by Gasteiger charge is -2.21. The highest BCUT2D eigenvalue weighted by atomic mass is 31.2. The summed E-state index contributed by atoms with van der Waals surface area (Å²) in [6, 6.07) is 0. The molecule has 0 heterocycles. The van der Waals surface area contributed by atoms with E-state index in [2.05, 4.69) is 186 Å². The molecule has 0 rings (SSSR count). The molecule has 3 N–H and O–H groups in total. The zero-order valence-electron chi connectivity index (χ0n) is 65.8. The predicted molar refractivity (Wildman–Crippen MR) is 436 cm³/mol. The number of ether oxygens (including phenoxy) is 4. The number of hydrogen-bond donors (Lipinski definition) is 3. The average molecular weight is 1520 g/mol. The van der Waals surface area contributed by atoms with Gasteiger partial charge in [-0.2, -0.15) is 0 Å². The molecule has 5 atom stereocenters. The molecule has 602 valence electrons. The fourth-order valence-electron chi connectivity index (χ4n) is 10.1. The Balaban J connectivity index is 5.48. The van der Waals surface area contributed by atoms with Crippen molar-refractivity contribution in [2.24, 2.45) is 0 Å². The zero-order chi connectivity index (χ0) is 77.4. The Morgan fingerprint density at radius 2 is 0.500 bits per heavy atom. The number of carbonyl (C=O) groups excluding carboxylic acids is 4. The van der Waals surface area contributed by atoms with Crippen molar-refractivity contribution < 1.29 is 80.2 Å². The van der Waals surface area contributed by atoms with Crippen molar-refractivity contribution in [3.05, 3.63) is 170 Å². The summed E-state index contributed by atoms with van der Waals surface area (Å²) in [5.41, 5.74) is 0. The number of aliphatic hydroxyl groups is 1. The smallest absolute Gasteiger partial charge is 0.462 e. The number of phosphoric acid groups is 2. The van der Waals surface area contributed by atoms with Gasteiger partial charge in [0.1, 0.15) is 19.3 Å². The third kappa shape index (κ3) is 76.6.